The zero-order valence-electron chi connectivity index (χ0n) is 16.5. The number of ether oxygens (including phenoxy) is 2. The summed E-state index contributed by atoms with van der Waals surface area (Å²) in [6.07, 6.45) is 4.23. The summed E-state index contributed by atoms with van der Waals surface area (Å²) >= 11 is 0. The molecular weight excluding hydrogens is 342 g/mol. The topological polar surface area (TPSA) is 82.4 Å². The van der Waals surface area contributed by atoms with Gasteiger partial charge in [0.25, 0.3) is 0 Å². The third-order valence-corrected chi connectivity index (χ3v) is 5.18. The van der Waals surface area contributed by atoms with Gasteiger partial charge in [0.1, 0.15) is 17.7 Å². The van der Waals surface area contributed by atoms with Crippen LogP contribution in [-0.2, 0) is 22.4 Å². The molecule has 0 bridgehead atoms. The average molecular weight is 374 g/mol. The molecule has 1 aromatic rings. The molecule has 0 unspecified atom stereocenters. The first-order chi connectivity index (χ1) is 13.2. The standard InChI is InChI=1S/C20H31N5O2/c1-3-26-10-5-8-22-19-17(12-21)16-7-9-25(2)14-18(16)20(24-19)23-13-15-6-4-11-27-15/h15H,3-11,13-14H2,1-2H3,(H2,22,23,24)/t15-/m0/s1. The number of fused-ring (bicyclic) bond motifs is 1. The molecule has 7 nitrogen and oxygen atoms in total. The van der Waals surface area contributed by atoms with Crippen LogP contribution < -0.4 is 10.6 Å². The number of aromatic nitrogens is 1. The van der Waals surface area contributed by atoms with Gasteiger partial charge in [-0.3, -0.25) is 0 Å². The summed E-state index contributed by atoms with van der Waals surface area (Å²) in [5, 5.41) is 16.6. The van der Waals surface area contributed by atoms with Gasteiger partial charge in [-0.25, -0.2) is 4.98 Å². The maximum absolute atomic E-state index is 9.77. The van der Waals surface area contributed by atoms with E-state index in [1.54, 1.807) is 0 Å². The molecule has 0 aliphatic carbocycles. The number of nitriles is 1. The van der Waals surface area contributed by atoms with E-state index in [0.717, 1.165) is 82.0 Å². The molecule has 3 heterocycles. The first-order valence-electron chi connectivity index (χ1n) is 10.0. The lowest BCUT2D eigenvalue weighted by Gasteiger charge is -2.29. The molecule has 27 heavy (non-hydrogen) atoms. The molecule has 1 saturated heterocycles. The van der Waals surface area contributed by atoms with Gasteiger partial charge in [0.05, 0.1) is 11.7 Å². The molecule has 3 rings (SSSR count). The lowest BCUT2D eigenvalue weighted by Crippen LogP contribution is -2.30. The van der Waals surface area contributed by atoms with E-state index in [-0.39, 0.29) is 6.10 Å². The lowest BCUT2D eigenvalue weighted by atomic mass is 9.96. The molecule has 7 heteroatoms. The Morgan fingerprint density at radius 2 is 2.22 bits per heavy atom. The van der Waals surface area contributed by atoms with Crippen molar-refractivity contribution in [1.29, 1.82) is 5.26 Å². The van der Waals surface area contributed by atoms with E-state index < -0.39 is 0 Å². The van der Waals surface area contributed by atoms with Crippen LogP contribution in [0.25, 0.3) is 0 Å². The zero-order chi connectivity index (χ0) is 19.1. The van der Waals surface area contributed by atoms with Crippen LogP contribution in [0.2, 0.25) is 0 Å². The molecule has 2 aliphatic heterocycles. The van der Waals surface area contributed by atoms with Gasteiger partial charge in [0.15, 0.2) is 0 Å². The minimum Gasteiger partial charge on any atom is -0.382 e. The van der Waals surface area contributed by atoms with Crippen molar-refractivity contribution in [2.75, 3.05) is 57.1 Å². The number of likely N-dealkylation sites (N-methyl/N-ethyl adjacent to an activating group) is 1. The molecule has 0 aromatic carbocycles. The van der Waals surface area contributed by atoms with Gasteiger partial charge in [-0.2, -0.15) is 5.26 Å². The highest BCUT2D eigenvalue weighted by atomic mass is 16.5. The lowest BCUT2D eigenvalue weighted by molar-refractivity contribution is 0.120. The quantitative estimate of drug-likeness (QED) is 0.643. The summed E-state index contributed by atoms with van der Waals surface area (Å²) in [7, 11) is 2.11. The molecule has 2 aliphatic rings. The predicted molar refractivity (Wildman–Crippen MR) is 106 cm³/mol. The maximum Gasteiger partial charge on any atom is 0.146 e. The van der Waals surface area contributed by atoms with E-state index in [2.05, 4.69) is 28.7 Å². The maximum atomic E-state index is 9.77. The Morgan fingerprint density at radius 1 is 1.33 bits per heavy atom. The number of nitrogens with one attached hydrogen (secondary N) is 2. The SMILES string of the molecule is CCOCCCNc1nc(NC[C@@H]2CCCO2)c2c(c1C#N)CCN(C)C2. The van der Waals surface area contributed by atoms with Crippen molar-refractivity contribution in [3.63, 3.8) is 0 Å². The normalized spacial score (nSPS) is 19.5. The van der Waals surface area contributed by atoms with Crippen molar-refractivity contribution in [3.8, 4) is 6.07 Å². The van der Waals surface area contributed by atoms with Gasteiger partial charge in [-0.15, -0.1) is 0 Å². The first-order valence-corrected chi connectivity index (χ1v) is 10.0. The largest absolute Gasteiger partial charge is 0.382 e. The molecular formula is C20H31N5O2. The molecule has 0 spiro atoms. The predicted octanol–water partition coefficient (Wildman–Crippen LogP) is 2.37. The minimum absolute atomic E-state index is 0.252. The van der Waals surface area contributed by atoms with E-state index >= 15 is 0 Å². The van der Waals surface area contributed by atoms with Gasteiger partial charge < -0.3 is 25.0 Å². The van der Waals surface area contributed by atoms with E-state index in [1.165, 1.54) is 0 Å². The van der Waals surface area contributed by atoms with Crippen molar-refractivity contribution < 1.29 is 9.47 Å². The summed E-state index contributed by atoms with van der Waals surface area (Å²) in [6, 6.07) is 2.39. The third kappa shape index (κ3) is 5.10. The van der Waals surface area contributed by atoms with Gasteiger partial charge in [0, 0.05) is 51.6 Å². The van der Waals surface area contributed by atoms with Crippen LogP contribution in [0.3, 0.4) is 0 Å². The van der Waals surface area contributed by atoms with Crippen LogP contribution in [0.15, 0.2) is 0 Å². The average Bonchev–Trinajstić information content (AvgIpc) is 3.19. The number of hydrogen-bond donors (Lipinski definition) is 2. The Kier molecular flexibility index (Phi) is 7.27. The molecule has 0 amide bonds. The summed E-state index contributed by atoms with van der Waals surface area (Å²) < 4.78 is 11.1. The Hall–Kier alpha value is -1.88. The zero-order valence-corrected chi connectivity index (χ0v) is 16.5. The minimum atomic E-state index is 0.252. The number of nitrogens with zero attached hydrogens (tertiary/aromatic N) is 3. The Balaban J connectivity index is 1.79. The second-order valence-electron chi connectivity index (χ2n) is 7.23. The molecule has 1 aromatic heterocycles. The molecule has 148 valence electrons. The van der Waals surface area contributed by atoms with E-state index in [9.17, 15) is 5.26 Å². The van der Waals surface area contributed by atoms with Crippen LogP contribution in [0.1, 0.15) is 42.9 Å². The van der Waals surface area contributed by atoms with Crippen LogP contribution in [-0.4, -0.2) is 62.5 Å². The molecule has 0 saturated carbocycles. The number of rotatable bonds is 9. The molecule has 1 atom stereocenters. The highest BCUT2D eigenvalue weighted by Crippen LogP contribution is 2.31. The number of pyridine rings is 1. The summed E-state index contributed by atoms with van der Waals surface area (Å²) in [5.41, 5.74) is 2.98. The van der Waals surface area contributed by atoms with E-state index in [4.69, 9.17) is 14.5 Å². The van der Waals surface area contributed by atoms with Crippen molar-refractivity contribution >= 4 is 11.6 Å². The highest BCUT2D eigenvalue weighted by molar-refractivity contribution is 5.66. The molecule has 1 fully saturated rings. The molecule has 0 radical (unpaired) electrons. The monoisotopic (exact) mass is 373 g/mol. The van der Waals surface area contributed by atoms with Crippen molar-refractivity contribution in [1.82, 2.24) is 9.88 Å². The number of anilines is 2. The van der Waals surface area contributed by atoms with Gasteiger partial charge in [0.2, 0.25) is 0 Å². The van der Waals surface area contributed by atoms with Crippen molar-refractivity contribution in [2.24, 2.45) is 0 Å². The summed E-state index contributed by atoms with van der Waals surface area (Å²) in [4.78, 5) is 7.08. The van der Waals surface area contributed by atoms with Crippen LogP contribution in [0.4, 0.5) is 11.6 Å². The second kappa shape index (κ2) is 9.88. The Labute approximate surface area is 162 Å². The van der Waals surface area contributed by atoms with Gasteiger partial charge in [-0.1, -0.05) is 0 Å². The van der Waals surface area contributed by atoms with Gasteiger partial charge in [-0.05, 0) is 45.2 Å². The van der Waals surface area contributed by atoms with Crippen molar-refractivity contribution in [3.05, 3.63) is 16.7 Å². The fourth-order valence-electron chi connectivity index (χ4n) is 3.71. The fourth-order valence-corrected chi connectivity index (χ4v) is 3.71. The Bertz CT molecular complexity index is 667. The third-order valence-electron chi connectivity index (χ3n) is 5.18. The fraction of sp³-hybridized carbons (Fsp3) is 0.700. The van der Waals surface area contributed by atoms with E-state index in [1.807, 2.05) is 6.92 Å². The highest BCUT2D eigenvalue weighted by Gasteiger charge is 2.25. The summed E-state index contributed by atoms with van der Waals surface area (Å²) in [6.45, 7) is 7.56. The van der Waals surface area contributed by atoms with Crippen LogP contribution >= 0.6 is 0 Å². The summed E-state index contributed by atoms with van der Waals surface area (Å²) in [5.74, 6) is 1.57. The number of hydrogen-bond acceptors (Lipinski definition) is 7. The second-order valence-corrected chi connectivity index (χ2v) is 7.23. The van der Waals surface area contributed by atoms with E-state index in [0.29, 0.717) is 18.0 Å². The Morgan fingerprint density at radius 3 is 2.96 bits per heavy atom. The van der Waals surface area contributed by atoms with Crippen LogP contribution in [0, 0.1) is 11.3 Å². The smallest absolute Gasteiger partial charge is 0.146 e. The molecule has 2 N–H and O–H groups in total. The first kappa shape index (κ1) is 19.9. The van der Waals surface area contributed by atoms with Gasteiger partial charge >= 0.3 is 0 Å². The van der Waals surface area contributed by atoms with Crippen molar-refractivity contribution in [2.45, 2.75) is 45.3 Å². The van der Waals surface area contributed by atoms with Crippen LogP contribution in [0.5, 0.6) is 0 Å².